The van der Waals surface area contributed by atoms with Crippen LogP contribution in [0.15, 0.2) is 54.6 Å². The molecule has 0 radical (unpaired) electrons. The maximum Gasteiger partial charge on any atom is 0.257 e. The molecule has 0 saturated carbocycles. The molecule has 0 aliphatic carbocycles. The van der Waals surface area contributed by atoms with Crippen LogP contribution in [0, 0.1) is 17.1 Å². The van der Waals surface area contributed by atoms with Crippen molar-refractivity contribution in [2.75, 3.05) is 11.9 Å². The molecule has 1 atom stereocenters. The highest BCUT2D eigenvalue weighted by Gasteiger charge is 2.24. The Bertz CT molecular complexity index is 1460. The number of ether oxygens (including phenoxy) is 2. The number of rotatable bonds is 5. The Morgan fingerprint density at radius 3 is 2.82 bits per heavy atom. The number of carbonyl (C=O) groups is 2. The lowest BCUT2D eigenvalue weighted by molar-refractivity contribution is -0.109. The zero-order valence-electron chi connectivity index (χ0n) is 17.6. The van der Waals surface area contributed by atoms with Crippen LogP contribution < -0.4 is 14.8 Å². The summed E-state index contributed by atoms with van der Waals surface area (Å²) in [7, 11) is 0. The minimum absolute atomic E-state index is 0.283. The summed E-state index contributed by atoms with van der Waals surface area (Å²) in [6, 6.07) is 16.0. The number of aromatic nitrogens is 1. The second kappa shape index (κ2) is 8.92. The van der Waals surface area contributed by atoms with Crippen LogP contribution in [0.4, 0.5) is 9.52 Å². The van der Waals surface area contributed by atoms with Crippen LogP contribution in [-0.2, 0) is 4.79 Å². The Morgan fingerprint density at radius 1 is 1.24 bits per heavy atom. The van der Waals surface area contributed by atoms with Gasteiger partial charge in [-0.3, -0.25) is 10.1 Å². The molecule has 7 nitrogen and oxygen atoms in total. The van der Waals surface area contributed by atoms with Gasteiger partial charge in [-0.25, -0.2) is 9.37 Å². The smallest absolute Gasteiger partial charge is 0.257 e. The average Bonchev–Trinajstić information content (AvgIpc) is 3.24. The number of hydrogen-bond acceptors (Lipinski definition) is 7. The van der Waals surface area contributed by atoms with E-state index in [1.54, 1.807) is 42.5 Å². The molecule has 1 N–H and O–H groups in total. The fraction of sp³-hybridized carbons (Fsp3) is 0.120. The van der Waals surface area contributed by atoms with E-state index in [0.717, 1.165) is 6.29 Å². The number of hydrogen-bond donors (Lipinski definition) is 1. The van der Waals surface area contributed by atoms with Crippen molar-refractivity contribution in [3.05, 3.63) is 77.1 Å². The molecule has 0 spiro atoms. The van der Waals surface area contributed by atoms with Crippen LogP contribution in [0.25, 0.3) is 10.2 Å². The first-order valence-corrected chi connectivity index (χ1v) is 11.2. The van der Waals surface area contributed by atoms with Gasteiger partial charge in [0.2, 0.25) is 0 Å². The summed E-state index contributed by atoms with van der Waals surface area (Å²) in [4.78, 5) is 28.2. The standard InChI is InChI=1S/C25H16FN3O4S/c26-17-3-6-20-23(10-17)34-25(28-20)29-24(31)14-1-4-18(5-2-14)33-21-11-22-19(9-16(21)12-27)15(13-30)7-8-32-22/h1-6,9-11,13,15H,7-8H2,(H,28,29,31). The third-order valence-electron chi connectivity index (χ3n) is 5.40. The van der Waals surface area contributed by atoms with Crippen molar-refractivity contribution in [1.29, 1.82) is 5.26 Å². The van der Waals surface area contributed by atoms with Gasteiger partial charge >= 0.3 is 0 Å². The lowest BCUT2D eigenvalue weighted by Gasteiger charge is -2.23. The summed E-state index contributed by atoms with van der Waals surface area (Å²) < 4.78 is 25.5. The van der Waals surface area contributed by atoms with Crippen LogP contribution in [0.3, 0.4) is 0 Å². The number of benzene rings is 3. The molecule has 0 fully saturated rings. The zero-order valence-corrected chi connectivity index (χ0v) is 18.4. The molecule has 5 rings (SSSR count). The van der Waals surface area contributed by atoms with Crippen LogP contribution in [0.1, 0.15) is 33.8 Å². The second-order valence-corrected chi connectivity index (χ2v) is 8.62. The summed E-state index contributed by atoms with van der Waals surface area (Å²) in [6.07, 6.45) is 1.43. The number of nitrogens with one attached hydrogen (secondary N) is 1. The van der Waals surface area contributed by atoms with Crippen molar-refractivity contribution in [1.82, 2.24) is 4.98 Å². The molecule has 0 bridgehead atoms. The number of carbonyl (C=O) groups excluding carboxylic acids is 2. The summed E-state index contributed by atoms with van der Waals surface area (Å²) >= 11 is 1.18. The summed E-state index contributed by atoms with van der Waals surface area (Å²) in [5.74, 6) is 0.197. The van der Waals surface area contributed by atoms with Gasteiger partial charge in [-0.2, -0.15) is 5.26 Å². The van der Waals surface area contributed by atoms with E-state index >= 15 is 0 Å². The molecule has 1 aliphatic heterocycles. The monoisotopic (exact) mass is 473 g/mol. The van der Waals surface area contributed by atoms with Gasteiger partial charge in [-0.15, -0.1) is 0 Å². The third-order valence-corrected chi connectivity index (χ3v) is 6.33. The topological polar surface area (TPSA) is 101 Å². The predicted octanol–water partition coefficient (Wildman–Crippen LogP) is 5.42. The number of nitriles is 1. The van der Waals surface area contributed by atoms with E-state index in [-0.39, 0.29) is 23.2 Å². The number of anilines is 1. The summed E-state index contributed by atoms with van der Waals surface area (Å²) in [5.41, 5.74) is 1.94. The Labute approximate surface area is 197 Å². The van der Waals surface area contributed by atoms with E-state index in [9.17, 15) is 19.2 Å². The van der Waals surface area contributed by atoms with Crippen molar-refractivity contribution in [3.8, 4) is 23.3 Å². The molecule has 1 amide bonds. The maximum absolute atomic E-state index is 13.4. The number of thiazole rings is 1. The highest BCUT2D eigenvalue weighted by Crippen LogP contribution is 2.39. The van der Waals surface area contributed by atoms with E-state index in [4.69, 9.17) is 9.47 Å². The largest absolute Gasteiger partial charge is 0.493 e. The number of amides is 1. The van der Waals surface area contributed by atoms with E-state index in [0.29, 0.717) is 56.8 Å². The predicted molar refractivity (Wildman–Crippen MR) is 124 cm³/mol. The van der Waals surface area contributed by atoms with Gasteiger partial charge in [0.15, 0.2) is 5.13 Å². The SMILES string of the molecule is N#Cc1cc2c(cc1Oc1ccc(C(=O)Nc3nc4ccc(F)cc4s3)cc1)OCCC2C=O. The van der Waals surface area contributed by atoms with Crippen LogP contribution in [0.2, 0.25) is 0 Å². The zero-order chi connectivity index (χ0) is 23.7. The van der Waals surface area contributed by atoms with E-state index in [1.807, 2.05) is 0 Å². The Morgan fingerprint density at radius 2 is 2.06 bits per heavy atom. The van der Waals surface area contributed by atoms with E-state index in [1.165, 1.54) is 23.5 Å². The fourth-order valence-corrected chi connectivity index (χ4v) is 4.57. The molecule has 9 heteroatoms. The third kappa shape index (κ3) is 4.19. The van der Waals surface area contributed by atoms with Gasteiger partial charge in [-0.1, -0.05) is 11.3 Å². The van der Waals surface area contributed by atoms with Crippen molar-refractivity contribution < 1.29 is 23.5 Å². The molecule has 2 heterocycles. The van der Waals surface area contributed by atoms with Gasteiger partial charge in [0.1, 0.15) is 35.4 Å². The molecule has 34 heavy (non-hydrogen) atoms. The molecule has 0 saturated heterocycles. The molecular formula is C25H16FN3O4S. The molecule has 1 aromatic heterocycles. The molecule has 168 valence electrons. The lowest BCUT2D eigenvalue weighted by Crippen LogP contribution is -2.15. The van der Waals surface area contributed by atoms with Gasteiger partial charge in [0, 0.05) is 23.1 Å². The van der Waals surface area contributed by atoms with Gasteiger partial charge in [0.25, 0.3) is 5.91 Å². The summed E-state index contributed by atoms with van der Waals surface area (Å²) in [6.45, 7) is 0.412. The number of aldehydes is 1. The number of fused-ring (bicyclic) bond motifs is 2. The second-order valence-electron chi connectivity index (χ2n) is 7.59. The fourth-order valence-electron chi connectivity index (χ4n) is 3.68. The first-order chi connectivity index (χ1) is 16.5. The molecule has 1 unspecified atom stereocenters. The van der Waals surface area contributed by atoms with Crippen LogP contribution in [0.5, 0.6) is 17.2 Å². The van der Waals surface area contributed by atoms with Crippen molar-refractivity contribution in [3.63, 3.8) is 0 Å². The Balaban J connectivity index is 1.32. The first-order valence-electron chi connectivity index (χ1n) is 10.4. The minimum atomic E-state index is -0.370. The minimum Gasteiger partial charge on any atom is -0.493 e. The van der Waals surface area contributed by atoms with Gasteiger partial charge in [0.05, 0.1) is 22.4 Å². The van der Waals surface area contributed by atoms with Crippen molar-refractivity contribution >= 4 is 38.9 Å². The first kappa shape index (κ1) is 21.6. The quantitative estimate of drug-likeness (QED) is 0.389. The molecule has 3 aromatic carbocycles. The lowest BCUT2D eigenvalue weighted by atomic mass is 9.93. The molecule has 1 aliphatic rings. The Hall–Kier alpha value is -4.29. The highest BCUT2D eigenvalue weighted by atomic mass is 32.1. The molecule has 4 aromatic rings. The van der Waals surface area contributed by atoms with Crippen molar-refractivity contribution in [2.24, 2.45) is 0 Å². The number of nitrogens with zero attached hydrogens (tertiary/aromatic N) is 2. The summed E-state index contributed by atoms with van der Waals surface area (Å²) in [5, 5.41) is 12.6. The van der Waals surface area contributed by atoms with E-state index < -0.39 is 0 Å². The van der Waals surface area contributed by atoms with Crippen LogP contribution in [-0.4, -0.2) is 23.8 Å². The highest BCUT2D eigenvalue weighted by molar-refractivity contribution is 7.22. The number of halogens is 1. The average molecular weight is 473 g/mol. The molecular weight excluding hydrogens is 457 g/mol. The van der Waals surface area contributed by atoms with Gasteiger partial charge in [-0.05, 0) is 55.0 Å². The maximum atomic E-state index is 13.4. The van der Waals surface area contributed by atoms with Gasteiger partial charge < -0.3 is 14.3 Å². The van der Waals surface area contributed by atoms with Crippen molar-refractivity contribution in [2.45, 2.75) is 12.3 Å². The normalized spacial score (nSPS) is 14.5. The Kier molecular flexibility index (Phi) is 5.65. The van der Waals surface area contributed by atoms with E-state index in [2.05, 4.69) is 16.4 Å². The van der Waals surface area contributed by atoms with Crippen LogP contribution >= 0.6 is 11.3 Å².